The van der Waals surface area contributed by atoms with E-state index in [1.165, 1.54) is 17.5 Å². The highest BCUT2D eigenvalue weighted by Gasteiger charge is 2.12. The number of hydrogen-bond acceptors (Lipinski definition) is 3. The molecular formula is C15H26N2OSi. The van der Waals surface area contributed by atoms with E-state index in [1.807, 2.05) is 12.1 Å². The van der Waals surface area contributed by atoms with E-state index in [1.54, 1.807) is 7.11 Å². The van der Waals surface area contributed by atoms with Crippen molar-refractivity contribution in [1.82, 2.24) is 10.3 Å². The smallest absolute Gasteiger partial charge is 0.253 e. The first-order chi connectivity index (χ1) is 9.21. The molecule has 1 aromatic carbocycles. The fraction of sp³-hybridized carbons (Fsp3) is 0.467. The second kappa shape index (κ2) is 9.04. The normalized spacial score (nSPS) is 14.1. The van der Waals surface area contributed by atoms with Crippen LogP contribution in [0.3, 0.4) is 0 Å². The summed E-state index contributed by atoms with van der Waals surface area (Å²) in [6.45, 7) is 9.03. The van der Waals surface area contributed by atoms with E-state index in [0.29, 0.717) is 0 Å². The van der Waals surface area contributed by atoms with Crippen molar-refractivity contribution in [2.75, 3.05) is 7.11 Å². The van der Waals surface area contributed by atoms with Crippen molar-refractivity contribution in [3.63, 3.8) is 0 Å². The van der Waals surface area contributed by atoms with Crippen molar-refractivity contribution >= 4 is 15.3 Å². The highest BCUT2D eigenvalue weighted by atomic mass is 28.3. The Hall–Kier alpha value is -0.943. The summed E-state index contributed by atoms with van der Waals surface area (Å²) in [7, 11) is 0.556. The summed E-state index contributed by atoms with van der Waals surface area (Å²) >= 11 is 0. The monoisotopic (exact) mass is 278 g/mol. The summed E-state index contributed by atoms with van der Waals surface area (Å²) in [5, 5.41) is 3.49. The van der Waals surface area contributed by atoms with Crippen LogP contribution in [0.2, 0.25) is 6.04 Å². The predicted octanol–water partition coefficient (Wildman–Crippen LogP) is 2.63. The summed E-state index contributed by atoms with van der Waals surface area (Å²) in [4.78, 5) is 3.56. The number of nitrogens with one attached hydrogen (secondary N) is 2. The van der Waals surface area contributed by atoms with Gasteiger partial charge in [0.05, 0.1) is 0 Å². The molecule has 2 atom stereocenters. The van der Waals surface area contributed by atoms with Crippen LogP contribution < -0.4 is 10.3 Å². The molecule has 0 radical (unpaired) electrons. The van der Waals surface area contributed by atoms with Crippen molar-refractivity contribution in [2.24, 2.45) is 0 Å². The van der Waals surface area contributed by atoms with Gasteiger partial charge in [-0.25, -0.2) is 0 Å². The maximum atomic E-state index is 5.53. The zero-order valence-electron chi connectivity index (χ0n) is 12.3. The molecule has 0 aromatic heterocycles. The van der Waals surface area contributed by atoms with E-state index < -0.39 is 9.20 Å². The van der Waals surface area contributed by atoms with Gasteiger partial charge < -0.3 is 9.41 Å². The third kappa shape index (κ3) is 5.70. The van der Waals surface area contributed by atoms with Crippen LogP contribution in [-0.4, -0.2) is 22.5 Å². The molecule has 1 rings (SSSR count). The molecule has 1 aromatic rings. The van der Waals surface area contributed by atoms with Gasteiger partial charge in [0.1, 0.15) is 0 Å². The molecular weight excluding hydrogens is 252 g/mol. The van der Waals surface area contributed by atoms with Gasteiger partial charge in [-0.3, -0.25) is 5.32 Å². The standard InChI is InChI=1S/C15H26N2OSi/c1-5-11-19(18-4)17-13(3)16-12-15-10-8-7-9-14(15)6-2/h6-10,13,16-17,19H,2,5,11-12H2,1,3-4H3. The Bertz CT molecular complexity index is 384. The Labute approximate surface area is 118 Å². The van der Waals surface area contributed by atoms with E-state index in [-0.39, 0.29) is 6.17 Å². The van der Waals surface area contributed by atoms with Crippen molar-refractivity contribution in [1.29, 1.82) is 0 Å². The molecule has 0 saturated carbocycles. The number of benzene rings is 1. The van der Waals surface area contributed by atoms with Gasteiger partial charge in [0.25, 0.3) is 9.20 Å². The molecule has 19 heavy (non-hydrogen) atoms. The lowest BCUT2D eigenvalue weighted by atomic mass is 10.1. The lowest BCUT2D eigenvalue weighted by molar-refractivity contribution is 0.385. The molecule has 0 bridgehead atoms. The van der Waals surface area contributed by atoms with Gasteiger partial charge in [-0.2, -0.15) is 0 Å². The average molecular weight is 278 g/mol. The lowest BCUT2D eigenvalue weighted by Gasteiger charge is -2.21. The molecule has 0 aliphatic heterocycles. The molecule has 0 amide bonds. The zero-order chi connectivity index (χ0) is 14.1. The summed E-state index contributed by atoms with van der Waals surface area (Å²) in [6, 6.07) is 9.48. The Morgan fingerprint density at radius 2 is 2.16 bits per heavy atom. The van der Waals surface area contributed by atoms with E-state index in [4.69, 9.17) is 4.43 Å². The van der Waals surface area contributed by atoms with Crippen LogP contribution >= 0.6 is 0 Å². The molecule has 0 saturated heterocycles. The first kappa shape index (κ1) is 16.1. The Morgan fingerprint density at radius 1 is 1.42 bits per heavy atom. The molecule has 0 heterocycles. The minimum absolute atomic E-state index is 0.265. The van der Waals surface area contributed by atoms with Crippen molar-refractivity contribution < 1.29 is 4.43 Å². The summed E-state index contributed by atoms with van der Waals surface area (Å²) in [6.07, 6.45) is 3.34. The Morgan fingerprint density at radius 3 is 2.79 bits per heavy atom. The van der Waals surface area contributed by atoms with Gasteiger partial charge >= 0.3 is 0 Å². The van der Waals surface area contributed by atoms with Crippen LogP contribution in [0.5, 0.6) is 0 Å². The van der Waals surface area contributed by atoms with E-state index in [9.17, 15) is 0 Å². The second-order valence-electron chi connectivity index (χ2n) is 4.69. The van der Waals surface area contributed by atoms with Gasteiger partial charge in [0.15, 0.2) is 0 Å². The molecule has 4 heteroatoms. The quantitative estimate of drug-likeness (QED) is 0.538. The highest BCUT2D eigenvalue weighted by molar-refractivity contribution is 6.48. The van der Waals surface area contributed by atoms with Crippen molar-refractivity contribution in [3.8, 4) is 0 Å². The zero-order valence-corrected chi connectivity index (χ0v) is 13.4. The maximum Gasteiger partial charge on any atom is 0.253 e. The largest absolute Gasteiger partial charge is 0.409 e. The van der Waals surface area contributed by atoms with E-state index in [2.05, 4.69) is 48.9 Å². The minimum Gasteiger partial charge on any atom is -0.409 e. The average Bonchev–Trinajstić information content (AvgIpc) is 2.44. The minimum atomic E-state index is -1.25. The fourth-order valence-electron chi connectivity index (χ4n) is 2.03. The molecule has 0 fully saturated rings. The first-order valence-corrected chi connectivity index (χ1v) is 8.80. The van der Waals surface area contributed by atoms with Gasteiger partial charge in [-0.15, -0.1) is 0 Å². The molecule has 106 valence electrons. The van der Waals surface area contributed by atoms with Gasteiger partial charge in [-0.05, 0) is 24.1 Å². The van der Waals surface area contributed by atoms with Gasteiger partial charge in [-0.1, -0.05) is 50.3 Å². The second-order valence-corrected chi connectivity index (χ2v) is 7.04. The predicted molar refractivity (Wildman–Crippen MR) is 85.2 cm³/mol. The van der Waals surface area contributed by atoms with Crippen molar-refractivity contribution in [2.45, 2.75) is 39.0 Å². The Kier molecular flexibility index (Phi) is 7.67. The first-order valence-electron chi connectivity index (χ1n) is 6.93. The van der Waals surface area contributed by atoms with Crippen LogP contribution in [0.4, 0.5) is 0 Å². The highest BCUT2D eigenvalue weighted by Crippen LogP contribution is 2.09. The molecule has 0 aliphatic carbocycles. The third-order valence-electron chi connectivity index (χ3n) is 3.14. The van der Waals surface area contributed by atoms with Crippen LogP contribution in [0.15, 0.2) is 30.8 Å². The number of hydrogen-bond donors (Lipinski definition) is 2. The summed E-state index contributed by atoms with van der Waals surface area (Å²) < 4.78 is 5.53. The van der Waals surface area contributed by atoms with Gasteiger partial charge in [0, 0.05) is 19.8 Å². The maximum absolute atomic E-state index is 5.53. The topological polar surface area (TPSA) is 33.3 Å². The molecule has 3 nitrogen and oxygen atoms in total. The van der Waals surface area contributed by atoms with Gasteiger partial charge in [0.2, 0.25) is 0 Å². The fourth-order valence-corrected chi connectivity index (χ4v) is 3.76. The lowest BCUT2D eigenvalue weighted by Crippen LogP contribution is -2.48. The van der Waals surface area contributed by atoms with Crippen molar-refractivity contribution in [3.05, 3.63) is 42.0 Å². The van der Waals surface area contributed by atoms with E-state index >= 15 is 0 Å². The number of rotatable bonds is 9. The molecule has 2 N–H and O–H groups in total. The molecule has 2 unspecified atom stereocenters. The third-order valence-corrected chi connectivity index (χ3v) is 5.69. The van der Waals surface area contributed by atoms with Crippen LogP contribution in [0, 0.1) is 0 Å². The molecule has 0 spiro atoms. The molecule has 0 aliphatic rings. The SMILES string of the molecule is C=Cc1ccccc1CNC(C)N[SiH](CCC)OC. The summed E-state index contributed by atoms with van der Waals surface area (Å²) in [5.74, 6) is 0. The summed E-state index contributed by atoms with van der Waals surface area (Å²) in [5.41, 5.74) is 2.47. The van der Waals surface area contributed by atoms with Crippen LogP contribution in [0.1, 0.15) is 31.4 Å². The Balaban J connectivity index is 2.45. The van der Waals surface area contributed by atoms with E-state index in [0.717, 1.165) is 12.6 Å². The van der Waals surface area contributed by atoms with Crippen LogP contribution in [-0.2, 0) is 11.0 Å². The van der Waals surface area contributed by atoms with Crippen LogP contribution in [0.25, 0.3) is 6.08 Å².